The summed E-state index contributed by atoms with van der Waals surface area (Å²) < 4.78 is 0. The molecule has 19 heavy (non-hydrogen) atoms. The van der Waals surface area contributed by atoms with Gasteiger partial charge in [-0.1, -0.05) is 13.8 Å². The van der Waals surface area contributed by atoms with Crippen LogP contribution in [0.2, 0.25) is 0 Å². The van der Waals surface area contributed by atoms with Crippen molar-refractivity contribution in [2.75, 3.05) is 18.4 Å². The average Bonchev–Trinajstić information content (AvgIpc) is 2.68. The molecule has 1 aromatic heterocycles. The largest absolute Gasteiger partial charge is 0.480 e. The van der Waals surface area contributed by atoms with Crippen LogP contribution in [0.5, 0.6) is 0 Å². The molecule has 1 heterocycles. The van der Waals surface area contributed by atoms with E-state index in [0.29, 0.717) is 18.1 Å². The van der Waals surface area contributed by atoms with Crippen molar-refractivity contribution in [2.24, 2.45) is 0 Å². The van der Waals surface area contributed by atoms with Gasteiger partial charge in [-0.2, -0.15) is 0 Å². The quantitative estimate of drug-likeness (QED) is 0.840. The summed E-state index contributed by atoms with van der Waals surface area (Å²) >= 11 is 1.40. The lowest BCUT2D eigenvalue weighted by atomic mass is 10.3. The molecule has 0 radical (unpaired) electrons. The molecule has 0 aliphatic rings. The van der Waals surface area contributed by atoms with Crippen molar-refractivity contribution >= 4 is 28.5 Å². The summed E-state index contributed by atoms with van der Waals surface area (Å²) in [7, 11) is 0. The van der Waals surface area contributed by atoms with Gasteiger partial charge in [0, 0.05) is 11.4 Å². The third-order valence-electron chi connectivity index (χ3n) is 2.55. The monoisotopic (exact) mass is 285 g/mol. The first kappa shape index (κ1) is 15.4. The molecule has 7 heteroatoms. The van der Waals surface area contributed by atoms with Crippen LogP contribution < -0.4 is 5.32 Å². The lowest BCUT2D eigenvalue weighted by Crippen LogP contribution is -2.39. The van der Waals surface area contributed by atoms with Gasteiger partial charge in [0.1, 0.15) is 6.54 Å². The second-order valence-electron chi connectivity index (χ2n) is 4.12. The van der Waals surface area contributed by atoms with E-state index in [1.54, 1.807) is 0 Å². The number of anilines is 1. The topological polar surface area (TPSA) is 82.5 Å². The first-order valence-corrected chi connectivity index (χ1v) is 7.03. The number of carbonyl (C=O) groups is 2. The number of hydrogen-bond donors (Lipinski definition) is 2. The highest BCUT2D eigenvalue weighted by Gasteiger charge is 2.17. The Labute approximate surface area is 116 Å². The van der Waals surface area contributed by atoms with Crippen LogP contribution in [-0.2, 0) is 11.2 Å². The maximum atomic E-state index is 12.0. The summed E-state index contributed by atoms with van der Waals surface area (Å²) in [5.41, 5.74) is 0.959. The first-order valence-electron chi connectivity index (χ1n) is 6.21. The van der Waals surface area contributed by atoms with Crippen LogP contribution in [0.3, 0.4) is 0 Å². The van der Waals surface area contributed by atoms with Crippen LogP contribution in [0.4, 0.5) is 9.93 Å². The smallest absolute Gasteiger partial charge is 0.324 e. The molecular formula is C12H19N3O3S. The number of carboxylic acid groups (broad SMARTS) is 1. The number of carbonyl (C=O) groups excluding carboxylic acids is 1. The molecule has 1 aromatic rings. The fraction of sp³-hybridized carbons (Fsp3) is 0.583. The number of aryl methyl sites for hydroxylation is 2. The lowest BCUT2D eigenvalue weighted by molar-refractivity contribution is -0.137. The van der Waals surface area contributed by atoms with E-state index in [1.807, 2.05) is 20.8 Å². The Bertz CT molecular complexity index is 459. The van der Waals surface area contributed by atoms with E-state index in [4.69, 9.17) is 5.11 Å². The maximum absolute atomic E-state index is 12.0. The van der Waals surface area contributed by atoms with E-state index in [9.17, 15) is 9.59 Å². The van der Waals surface area contributed by atoms with Gasteiger partial charge in [0.05, 0.1) is 5.69 Å². The van der Waals surface area contributed by atoms with Crippen LogP contribution in [0.15, 0.2) is 0 Å². The Kier molecular flexibility index (Phi) is 5.75. The Morgan fingerprint density at radius 1 is 1.42 bits per heavy atom. The molecule has 0 fully saturated rings. The van der Waals surface area contributed by atoms with Crippen molar-refractivity contribution in [3.8, 4) is 0 Å². The van der Waals surface area contributed by atoms with Crippen LogP contribution >= 0.6 is 11.3 Å². The highest BCUT2D eigenvalue weighted by Crippen LogP contribution is 2.22. The van der Waals surface area contributed by atoms with E-state index in [1.165, 1.54) is 16.2 Å². The predicted molar refractivity (Wildman–Crippen MR) is 74.7 cm³/mol. The fourth-order valence-electron chi connectivity index (χ4n) is 1.67. The number of amides is 2. The van der Waals surface area contributed by atoms with Crippen molar-refractivity contribution in [3.63, 3.8) is 0 Å². The zero-order valence-electron chi connectivity index (χ0n) is 11.4. The zero-order chi connectivity index (χ0) is 14.4. The highest BCUT2D eigenvalue weighted by atomic mass is 32.1. The number of nitrogens with one attached hydrogen (secondary N) is 1. The number of nitrogens with zero attached hydrogens (tertiary/aromatic N) is 2. The van der Waals surface area contributed by atoms with E-state index >= 15 is 0 Å². The Hall–Kier alpha value is -1.63. The first-order chi connectivity index (χ1) is 8.97. The van der Waals surface area contributed by atoms with Crippen molar-refractivity contribution in [2.45, 2.75) is 33.6 Å². The maximum Gasteiger partial charge on any atom is 0.324 e. The number of aliphatic carboxylic acids is 1. The minimum absolute atomic E-state index is 0.301. The number of carboxylic acids is 1. The van der Waals surface area contributed by atoms with Gasteiger partial charge in [-0.05, 0) is 19.8 Å². The molecule has 106 valence electrons. The standard InChI is InChI=1S/C12H19N3O3S/c1-4-6-15(7-10(16)17)12(18)14-11-13-9(5-2)8(3)19-11/h4-7H2,1-3H3,(H,16,17)(H,13,14,18). The molecule has 0 aliphatic heterocycles. The van der Waals surface area contributed by atoms with Crippen LogP contribution in [-0.4, -0.2) is 40.1 Å². The van der Waals surface area contributed by atoms with E-state index in [0.717, 1.165) is 17.0 Å². The third-order valence-corrected chi connectivity index (χ3v) is 3.48. The van der Waals surface area contributed by atoms with Crippen LogP contribution in [0, 0.1) is 6.92 Å². The minimum atomic E-state index is -1.02. The lowest BCUT2D eigenvalue weighted by Gasteiger charge is -2.19. The Morgan fingerprint density at radius 2 is 2.11 bits per heavy atom. The van der Waals surface area contributed by atoms with Crippen molar-refractivity contribution in [3.05, 3.63) is 10.6 Å². The molecule has 0 unspecified atom stereocenters. The molecule has 0 atom stereocenters. The summed E-state index contributed by atoms with van der Waals surface area (Å²) in [5.74, 6) is -1.02. The molecule has 2 amide bonds. The van der Waals surface area contributed by atoms with Crippen molar-refractivity contribution < 1.29 is 14.7 Å². The summed E-state index contributed by atoms with van der Waals surface area (Å²) in [6.45, 7) is 5.95. The van der Waals surface area contributed by atoms with Gasteiger partial charge in [0.15, 0.2) is 5.13 Å². The summed E-state index contributed by atoms with van der Waals surface area (Å²) in [6, 6.07) is -0.416. The molecular weight excluding hydrogens is 266 g/mol. The summed E-state index contributed by atoms with van der Waals surface area (Å²) in [5, 5.41) is 12.0. The van der Waals surface area contributed by atoms with Crippen LogP contribution in [0.1, 0.15) is 30.8 Å². The second kappa shape index (κ2) is 7.08. The zero-order valence-corrected chi connectivity index (χ0v) is 12.2. The Balaban J connectivity index is 2.71. The summed E-state index contributed by atoms with van der Waals surface area (Å²) in [4.78, 5) is 29.3. The van der Waals surface area contributed by atoms with Crippen LogP contribution in [0.25, 0.3) is 0 Å². The fourth-order valence-corrected chi connectivity index (χ4v) is 2.56. The van der Waals surface area contributed by atoms with Gasteiger partial charge in [0.25, 0.3) is 0 Å². The van der Waals surface area contributed by atoms with E-state index < -0.39 is 12.0 Å². The van der Waals surface area contributed by atoms with Crippen molar-refractivity contribution in [1.29, 1.82) is 0 Å². The second-order valence-corrected chi connectivity index (χ2v) is 5.32. The normalized spacial score (nSPS) is 10.3. The molecule has 0 saturated heterocycles. The molecule has 0 saturated carbocycles. The number of hydrogen-bond acceptors (Lipinski definition) is 4. The van der Waals surface area contributed by atoms with E-state index in [-0.39, 0.29) is 6.54 Å². The Morgan fingerprint density at radius 3 is 2.58 bits per heavy atom. The molecule has 0 spiro atoms. The molecule has 0 bridgehead atoms. The van der Waals surface area contributed by atoms with Gasteiger partial charge in [0.2, 0.25) is 0 Å². The van der Waals surface area contributed by atoms with Crippen molar-refractivity contribution in [1.82, 2.24) is 9.88 Å². The summed E-state index contributed by atoms with van der Waals surface area (Å²) in [6.07, 6.45) is 1.52. The minimum Gasteiger partial charge on any atom is -0.480 e. The molecule has 2 N–H and O–H groups in total. The van der Waals surface area contributed by atoms with Gasteiger partial charge in [-0.25, -0.2) is 9.78 Å². The number of urea groups is 1. The SMILES string of the molecule is CCCN(CC(=O)O)C(=O)Nc1nc(CC)c(C)s1. The van der Waals surface area contributed by atoms with Gasteiger partial charge in [-0.15, -0.1) is 11.3 Å². The molecule has 1 rings (SSSR count). The molecule has 6 nitrogen and oxygen atoms in total. The third kappa shape index (κ3) is 4.51. The molecule has 0 aromatic carbocycles. The number of aromatic nitrogens is 1. The number of rotatable bonds is 6. The highest BCUT2D eigenvalue weighted by molar-refractivity contribution is 7.15. The molecule has 0 aliphatic carbocycles. The average molecular weight is 285 g/mol. The van der Waals surface area contributed by atoms with Gasteiger partial charge in [-0.3, -0.25) is 10.1 Å². The van der Waals surface area contributed by atoms with Gasteiger partial charge < -0.3 is 10.0 Å². The number of thiazole rings is 1. The predicted octanol–water partition coefficient (Wildman–Crippen LogP) is 2.34. The van der Waals surface area contributed by atoms with E-state index in [2.05, 4.69) is 10.3 Å². The van der Waals surface area contributed by atoms with Gasteiger partial charge >= 0.3 is 12.0 Å².